The third-order valence-electron chi connectivity index (χ3n) is 4.60. The largest absolute Gasteiger partial charge is 0.368 e. The third-order valence-corrected chi connectivity index (χ3v) is 5.72. The zero-order valence-electron chi connectivity index (χ0n) is 15.0. The molecule has 0 atom stereocenters. The monoisotopic (exact) mass is 389 g/mol. The highest BCUT2D eigenvalue weighted by Gasteiger charge is 2.19. The lowest BCUT2D eigenvalue weighted by atomic mass is 10.2. The molecular weight excluding hydrogens is 366 g/mol. The molecule has 1 N–H and O–H groups in total. The number of carbonyl (C=O) groups is 1. The van der Waals surface area contributed by atoms with Gasteiger partial charge in [0.25, 0.3) is 0 Å². The van der Waals surface area contributed by atoms with Crippen molar-refractivity contribution in [3.05, 3.63) is 53.6 Å². The minimum Gasteiger partial charge on any atom is -0.368 e. The van der Waals surface area contributed by atoms with Crippen LogP contribution in [0.5, 0.6) is 0 Å². The molecule has 0 bridgehead atoms. The fourth-order valence-corrected chi connectivity index (χ4v) is 3.95. The van der Waals surface area contributed by atoms with Crippen molar-refractivity contribution < 1.29 is 4.79 Å². The van der Waals surface area contributed by atoms with Gasteiger partial charge in [0.1, 0.15) is 0 Å². The van der Waals surface area contributed by atoms with Gasteiger partial charge in [-0.15, -0.1) is 11.8 Å². The number of thioether (sulfide) groups is 1. The van der Waals surface area contributed by atoms with Gasteiger partial charge in [-0.2, -0.15) is 0 Å². The fourth-order valence-electron chi connectivity index (χ4n) is 3.14. The predicted octanol–water partition coefficient (Wildman–Crippen LogP) is 4.21. The number of hydrogen-bond acceptors (Lipinski definition) is 4. The number of carbonyl (C=O) groups excluding carboxylic acids is 1. The summed E-state index contributed by atoms with van der Waals surface area (Å²) in [5.41, 5.74) is 1.99. The highest BCUT2D eigenvalue weighted by atomic mass is 35.5. The summed E-state index contributed by atoms with van der Waals surface area (Å²) in [7, 11) is 0. The molecule has 1 amide bonds. The Hall–Kier alpha value is -1.69. The average Bonchev–Trinajstić information content (AvgIpc) is 2.68. The summed E-state index contributed by atoms with van der Waals surface area (Å²) >= 11 is 7.93. The predicted molar refractivity (Wildman–Crippen MR) is 112 cm³/mol. The van der Waals surface area contributed by atoms with Crippen LogP contribution in [0.1, 0.15) is 6.42 Å². The first kappa shape index (κ1) is 19.1. The van der Waals surface area contributed by atoms with E-state index in [4.69, 9.17) is 11.6 Å². The van der Waals surface area contributed by atoms with Crippen LogP contribution in [-0.2, 0) is 4.79 Å². The number of amides is 1. The lowest BCUT2D eigenvalue weighted by Gasteiger charge is -2.36. The van der Waals surface area contributed by atoms with Crippen LogP contribution in [0, 0.1) is 0 Å². The summed E-state index contributed by atoms with van der Waals surface area (Å²) in [4.78, 5) is 18.0. The first-order chi connectivity index (χ1) is 12.7. The minimum atomic E-state index is 0.0695. The van der Waals surface area contributed by atoms with Crippen LogP contribution in [-0.4, -0.2) is 49.8 Å². The third kappa shape index (κ3) is 4.93. The van der Waals surface area contributed by atoms with Crippen LogP contribution in [0.3, 0.4) is 0 Å². The van der Waals surface area contributed by atoms with Crippen molar-refractivity contribution in [2.24, 2.45) is 0 Å². The molecule has 1 heterocycles. The van der Waals surface area contributed by atoms with E-state index < -0.39 is 0 Å². The molecule has 1 fully saturated rings. The van der Waals surface area contributed by atoms with E-state index in [-0.39, 0.29) is 5.91 Å². The van der Waals surface area contributed by atoms with Gasteiger partial charge in [-0.05, 0) is 30.5 Å². The number of hydrogen-bond donors (Lipinski definition) is 1. The molecule has 2 aromatic rings. The van der Waals surface area contributed by atoms with Crippen LogP contribution in [0.4, 0.5) is 11.4 Å². The number of nitrogens with one attached hydrogen (secondary N) is 1. The molecule has 0 saturated carbocycles. The van der Waals surface area contributed by atoms with Crippen molar-refractivity contribution >= 4 is 40.6 Å². The second-order valence-electron chi connectivity index (χ2n) is 6.28. The molecular formula is C20H24ClN3OS. The van der Waals surface area contributed by atoms with Gasteiger partial charge < -0.3 is 10.2 Å². The molecule has 1 saturated heterocycles. The Morgan fingerprint density at radius 3 is 2.50 bits per heavy atom. The number of benzene rings is 2. The molecule has 6 heteroatoms. The Morgan fingerprint density at radius 1 is 1.08 bits per heavy atom. The van der Waals surface area contributed by atoms with Crippen LogP contribution in [0.25, 0.3) is 0 Å². The second-order valence-corrected chi connectivity index (χ2v) is 7.53. The number of anilines is 2. The van der Waals surface area contributed by atoms with E-state index in [0.29, 0.717) is 6.42 Å². The minimum absolute atomic E-state index is 0.0695. The van der Waals surface area contributed by atoms with E-state index in [1.807, 2.05) is 48.7 Å². The number of piperazine rings is 1. The molecule has 4 nitrogen and oxygen atoms in total. The maximum absolute atomic E-state index is 12.3. The van der Waals surface area contributed by atoms with Crippen molar-refractivity contribution in [2.75, 3.05) is 49.2 Å². The quantitative estimate of drug-likeness (QED) is 0.750. The standard InChI is InChI=1S/C20H24ClN3OS/c1-26-19-9-5-3-7-17(19)22-20(25)10-11-23-12-14-24(15-13-23)18-8-4-2-6-16(18)21/h2-9H,10-15H2,1H3,(H,22,25). The van der Waals surface area contributed by atoms with Crippen molar-refractivity contribution in [1.82, 2.24) is 4.90 Å². The summed E-state index contributed by atoms with van der Waals surface area (Å²) in [6.45, 7) is 4.53. The Labute approximate surface area is 164 Å². The fraction of sp³-hybridized carbons (Fsp3) is 0.350. The summed E-state index contributed by atoms with van der Waals surface area (Å²) in [5.74, 6) is 0.0695. The van der Waals surface area contributed by atoms with E-state index >= 15 is 0 Å². The van der Waals surface area contributed by atoms with Gasteiger partial charge in [-0.3, -0.25) is 9.69 Å². The summed E-state index contributed by atoms with van der Waals surface area (Å²) in [6.07, 6.45) is 2.53. The van der Waals surface area contributed by atoms with Crippen LogP contribution < -0.4 is 10.2 Å². The first-order valence-electron chi connectivity index (χ1n) is 8.82. The zero-order chi connectivity index (χ0) is 18.4. The lowest BCUT2D eigenvalue weighted by Crippen LogP contribution is -2.47. The molecule has 0 aromatic heterocycles. The second kappa shape index (κ2) is 9.31. The SMILES string of the molecule is CSc1ccccc1NC(=O)CCN1CCN(c2ccccc2Cl)CC1. The molecule has 0 radical (unpaired) electrons. The Kier molecular flexibility index (Phi) is 6.83. The smallest absolute Gasteiger partial charge is 0.225 e. The molecule has 26 heavy (non-hydrogen) atoms. The molecule has 138 valence electrons. The lowest BCUT2D eigenvalue weighted by molar-refractivity contribution is -0.116. The molecule has 0 aliphatic carbocycles. The number of para-hydroxylation sites is 2. The van der Waals surface area contributed by atoms with Gasteiger partial charge in [0, 0.05) is 44.0 Å². The van der Waals surface area contributed by atoms with Gasteiger partial charge >= 0.3 is 0 Å². The normalized spacial score (nSPS) is 15.1. The van der Waals surface area contributed by atoms with E-state index in [1.54, 1.807) is 11.8 Å². The van der Waals surface area contributed by atoms with Gasteiger partial charge in [-0.25, -0.2) is 0 Å². The highest BCUT2D eigenvalue weighted by molar-refractivity contribution is 7.98. The molecule has 3 rings (SSSR count). The van der Waals surface area contributed by atoms with Crippen molar-refractivity contribution in [3.8, 4) is 0 Å². The molecule has 1 aliphatic rings. The van der Waals surface area contributed by atoms with Gasteiger partial charge in [0.05, 0.1) is 16.4 Å². The highest BCUT2D eigenvalue weighted by Crippen LogP contribution is 2.26. The topological polar surface area (TPSA) is 35.6 Å². The molecule has 0 spiro atoms. The van der Waals surface area contributed by atoms with E-state index in [0.717, 1.165) is 54.0 Å². The number of halogens is 1. The van der Waals surface area contributed by atoms with Gasteiger partial charge in [-0.1, -0.05) is 35.9 Å². The average molecular weight is 390 g/mol. The van der Waals surface area contributed by atoms with E-state index in [9.17, 15) is 4.79 Å². The van der Waals surface area contributed by atoms with Gasteiger partial charge in [0.15, 0.2) is 0 Å². The summed E-state index contributed by atoms with van der Waals surface area (Å²) < 4.78 is 0. The van der Waals surface area contributed by atoms with E-state index in [2.05, 4.69) is 21.2 Å². The number of nitrogens with zero attached hydrogens (tertiary/aromatic N) is 2. The first-order valence-corrected chi connectivity index (χ1v) is 10.4. The Bertz CT molecular complexity index is 747. The molecule has 1 aliphatic heterocycles. The zero-order valence-corrected chi connectivity index (χ0v) is 16.5. The van der Waals surface area contributed by atoms with Gasteiger partial charge in [0.2, 0.25) is 5.91 Å². The van der Waals surface area contributed by atoms with Crippen molar-refractivity contribution in [3.63, 3.8) is 0 Å². The summed E-state index contributed by atoms with van der Waals surface area (Å²) in [5, 5.41) is 3.83. The van der Waals surface area contributed by atoms with Crippen LogP contribution in [0.2, 0.25) is 5.02 Å². The maximum Gasteiger partial charge on any atom is 0.225 e. The summed E-state index contributed by atoms with van der Waals surface area (Å²) in [6, 6.07) is 15.9. The van der Waals surface area contributed by atoms with E-state index in [1.165, 1.54) is 0 Å². The molecule has 0 unspecified atom stereocenters. The maximum atomic E-state index is 12.3. The van der Waals surface area contributed by atoms with Crippen LogP contribution >= 0.6 is 23.4 Å². The number of rotatable bonds is 6. The van der Waals surface area contributed by atoms with Crippen molar-refractivity contribution in [2.45, 2.75) is 11.3 Å². The Balaban J connectivity index is 1.45. The van der Waals surface area contributed by atoms with Crippen molar-refractivity contribution in [1.29, 1.82) is 0 Å². The molecule has 2 aromatic carbocycles. The Morgan fingerprint density at radius 2 is 1.77 bits per heavy atom. The van der Waals surface area contributed by atoms with Crippen LogP contribution in [0.15, 0.2) is 53.4 Å².